The molecule has 2 aliphatic carbocycles. The molecule has 0 aromatic heterocycles. The van der Waals surface area contributed by atoms with Gasteiger partial charge in [0.15, 0.2) is 0 Å². The van der Waals surface area contributed by atoms with Crippen LogP contribution in [-0.4, -0.2) is 0 Å². The second-order valence-corrected chi connectivity index (χ2v) is 7.74. The molecule has 0 saturated heterocycles. The summed E-state index contributed by atoms with van der Waals surface area (Å²) in [4.78, 5) is 0. The molecule has 0 fully saturated rings. The maximum Gasteiger partial charge on any atom is 0.123 e. The van der Waals surface area contributed by atoms with E-state index in [9.17, 15) is 4.39 Å². The second kappa shape index (κ2) is 7.15. The van der Waals surface area contributed by atoms with Crippen molar-refractivity contribution >= 4 is 5.57 Å². The summed E-state index contributed by atoms with van der Waals surface area (Å²) in [5, 5.41) is 0. The van der Waals surface area contributed by atoms with Crippen LogP contribution in [0.2, 0.25) is 0 Å². The quantitative estimate of drug-likeness (QED) is 0.508. The summed E-state index contributed by atoms with van der Waals surface area (Å²) in [6.07, 6.45) is 10.6. The lowest BCUT2D eigenvalue weighted by Gasteiger charge is -2.24. The number of unbranched alkanes of at least 4 members (excludes halogenated alkanes) is 2. The summed E-state index contributed by atoms with van der Waals surface area (Å²) >= 11 is 0. The maximum atomic E-state index is 13.2. The lowest BCUT2D eigenvalue weighted by Crippen LogP contribution is -2.08. The Morgan fingerprint density at radius 3 is 2.60 bits per heavy atom. The van der Waals surface area contributed by atoms with Crippen LogP contribution in [0.4, 0.5) is 4.39 Å². The third kappa shape index (κ3) is 3.42. The van der Waals surface area contributed by atoms with Crippen LogP contribution in [-0.2, 0) is 6.42 Å². The topological polar surface area (TPSA) is 0 Å². The minimum atomic E-state index is -0.170. The molecular weight excluding hydrogens is 307 g/mol. The predicted molar refractivity (Wildman–Crippen MR) is 104 cm³/mol. The van der Waals surface area contributed by atoms with Crippen LogP contribution in [0.5, 0.6) is 0 Å². The molecule has 0 saturated carbocycles. The first-order chi connectivity index (χ1) is 12.2. The lowest BCUT2D eigenvalue weighted by atomic mass is 9.81. The standard InChI is InChI=1S/C24H27F/c1-2-3-4-5-17-6-12-23-20(14-17)16-21-15-19(9-13-24(21)23)18-7-10-22(25)11-8-18/h7-11,13,15,17H,2-6,12,14,16H2,1H3. The first kappa shape index (κ1) is 16.6. The van der Waals surface area contributed by atoms with Crippen LogP contribution < -0.4 is 0 Å². The van der Waals surface area contributed by atoms with Crippen molar-refractivity contribution < 1.29 is 4.39 Å². The molecule has 1 heteroatoms. The van der Waals surface area contributed by atoms with Crippen LogP contribution in [0, 0.1) is 11.7 Å². The fraction of sp³-hybridized carbons (Fsp3) is 0.417. The Labute approximate surface area is 150 Å². The Morgan fingerprint density at radius 1 is 1.00 bits per heavy atom. The summed E-state index contributed by atoms with van der Waals surface area (Å²) in [5.74, 6) is 0.729. The average Bonchev–Trinajstić information content (AvgIpc) is 2.99. The van der Waals surface area contributed by atoms with E-state index in [-0.39, 0.29) is 5.82 Å². The first-order valence-electron chi connectivity index (χ1n) is 9.84. The van der Waals surface area contributed by atoms with E-state index in [1.165, 1.54) is 61.6 Å². The highest BCUT2D eigenvalue weighted by atomic mass is 19.1. The minimum absolute atomic E-state index is 0.170. The van der Waals surface area contributed by atoms with Gasteiger partial charge in [-0.05, 0) is 71.6 Å². The third-order valence-corrected chi connectivity index (χ3v) is 5.99. The number of rotatable bonds is 5. The molecule has 0 spiro atoms. The van der Waals surface area contributed by atoms with Crippen molar-refractivity contribution in [1.82, 2.24) is 0 Å². The van der Waals surface area contributed by atoms with E-state index in [4.69, 9.17) is 0 Å². The number of hydrogen-bond acceptors (Lipinski definition) is 0. The van der Waals surface area contributed by atoms with Crippen molar-refractivity contribution in [2.75, 3.05) is 0 Å². The van der Waals surface area contributed by atoms with Gasteiger partial charge < -0.3 is 0 Å². The van der Waals surface area contributed by atoms with Gasteiger partial charge in [-0.25, -0.2) is 4.39 Å². The summed E-state index contributed by atoms with van der Waals surface area (Å²) in [6, 6.07) is 13.7. The number of benzene rings is 2. The Balaban J connectivity index is 1.50. The lowest BCUT2D eigenvalue weighted by molar-refractivity contribution is 0.417. The largest absolute Gasteiger partial charge is 0.207 e. The highest BCUT2D eigenvalue weighted by Crippen LogP contribution is 2.45. The molecule has 0 radical (unpaired) electrons. The molecule has 0 N–H and O–H groups in total. The van der Waals surface area contributed by atoms with Crippen molar-refractivity contribution in [2.24, 2.45) is 5.92 Å². The molecule has 0 nitrogen and oxygen atoms in total. The minimum Gasteiger partial charge on any atom is -0.207 e. The van der Waals surface area contributed by atoms with Gasteiger partial charge in [0.25, 0.3) is 0 Å². The van der Waals surface area contributed by atoms with Gasteiger partial charge in [-0.2, -0.15) is 0 Å². The van der Waals surface area contributed by atoms with Crippen LogP contribution in [0.3, 0.4) is 0 Å². The molecule has 130 valence electrons. The smallest absolute Gasteiger partial charge is 0.123 e. The molecule has 2 aromatic rings. The summed E-state index contributed by atoms with van der Waals surface area (Å²) < 4.78 is 13.2. The van der Waals surface area contributed by atoms with Gasteiger partial charge in [0, 0.05) is 0 Å². The average molecular weight is 334 g/mol. The first-order valence-corrected chi connectivity index (χ1v) is 9.84. The molecule has 2 aromatic carbocycles. The van der Waals surface area contributed by atoms with Gasteiger partial charge in [-0.3, -0.25) is 0 Å². The van der Waals surface area contributed by atoms with Crippen LogP contribution in [0.1, 0.15) is 63.0 Å². The van der Waals surface area contributed by atoms with E-state index in [2.05, 4.69) is 25.1 Å². The number of halogens is 1. The molecule has 4 rings (SSSR count). The highest BCUT2D eigenvalue weighted by Gasteiger charge is 2.27. The third-order valence-electron chi connectivity index (χ3n) is 5.99. The van der Waals surface area contributed by atoms with Crippen LogP contribution >= 0.6 is 0 Å². The molecule has 2 aliphatic rings. The summed E-state index contributed by atoms with van der Waals surface area (Å²) in [7, 11) is 0. The zero-order valence-electron chi connectivity index (χ0n) is 15.2. The molecular formula is C24H27F. The van der Waals surface area contributed by atoms with E-state index in [0.29, 0.717) is 0 Å². The van der Waals surface area contributed by atoms with E-state index in [0.717, 1.165) is 17.9 Å². The Bertz CT molecular complexity index is 782. The fourth-order valence-electron chi connectivity index (χ4n) is 4.62. The van der Waals surface area contributed by atoms with Crippen molar-refractivity contribution in [3.05, 3.63) is 65.0 Å². The molecule has 0 amide bonds. The van der Waals surface area contributed by atoms with Gasteiger partial charge in [-0.15, -0.1) is 0 Å². The molecule has 0 aliphatic heterocycles. The molecule has 0 heterocycles. The molecule has 1 atom stereocenters. The van der Waals surface area contributed by atoms with E-state index < -0.39 is 0 Å². The zero-order valence-corrected chi connectivity index (χ0v) is 15.2. The Morgan fingerprint density at radius 2 is 1.80 bits per heavy atom. The fourth-order valence-corrected chi connectivity index (χ4v) is 4.62. The van der Waals surface area contributed by atoms with E-state index in [1.54, 1.807) is 23.3 Å². The van der Waals surface area contributed by atoms with Gasteiger partial charge in [-0.1, -0.05) is 68.5 Å². The van der Waals surface area contributed by atoms with E-state index in [1.807, 2.05) is 12.1 Å². The van der Waals surface area contributed by atoms with Crippen molar-refractivity contribution in [2.45, 2.75) is 58.3 Å². The number of hydrogen-bond donors (Lipinski definition) is 0. The Kier molecular flexibility index (Phi) is 4.74. The van der Waals surface area contributed by atoms with Gasteiger partial charge in [0.1, 0.15) is 5.82 Å². The SMILES string of the molecule is CCCCCC1CCC2=C(Cc3cc(-c4ccc(F)cc4)ccc32)C1. The van der Waals surface area contributed by atoms with Crippen LogP contribution in [0.15, 0.2) is 48.0 Å². The normalized spacial score (nSPS) is 19.0. The van der Waals surface area contributed by atoms with Crippen molar-refractivity contribution in [3.63, 3.8) is 0 Å². The zero-order chi connectivity index (χ0) is 17.2. The summed E-state index contributed by atoms with van der Waals surface area (Å²) in [6.45, 7) is 2.29. The Hall–Kier alpha value is -1.89. The number of allylic oxidation sites excluding steroid dienone is 2. The second-order valence-electron chi connectivity index (χ2n) is 7.74. The van der Waals surface area contributed by atoms with Crippen molar-refractivity contribution in [1.29, 1.82) is 0 Å². The maximum absolute atomic E-state index is 13.2. The van der Waals surface area contributed by atoms with Crippen molar-refractivity contribution in [3.8, 4) is 11.1 Å². The highest BCUT2D eigenvalue weighted by molar-refractivity contribution is 5.80. The van der Waals surface area contributed by atoms with Gasteiger partial charge in [0.05, 0.1) is 0 Å². The molecule has 0 bridgehead atoms. The molecule has 25 heavy (non-hydrogen) atoms. The monoisotopic (exact) mass is 334 g/mol. The van der Waals surface area contributed by atoms with E-state index >= 15 is 0 Å². The number of fused-ring (bicyclic) bond motifs is 2. The summed E-state index contributed by atoms with van der Waals surface area (Å²) in [5.41, 5.74) is 8.59. The van der Waals surface area contributed by atoms with Crippen LogP contribution in [0.25, 0.3) is 16.7 Å². The van der Waals surface area contributed by atoms with Gasteiger partial charge in [0.2, 0.25) is 0 Å². The molecule has 1 unspecified atom stereocenters. The van der Waals surface area contributed by atoms with Gasteiger partial charge >= 0.3 is 0 Å². The predicted octanol–water partition coefficient (Wildman–Crippen LogP) is 7.18.